The number of nitrogens with one attached hydrogen (secondary N) is 1. The first kappa shape index (κ1) is 13.9. The summed E-state index contributed by atoms with van der Waals surface area (Å²) in [5, 5.41) is 3.10. The highest BCUT2D eigenvalue weighted by atomic mass is 35.5. The average Bonchev–Trinajstić information content (AvgIpc) is 2.22. The summed E-state index contributed by atoms with van der Waals surface area (Å²) in [5.74, 6) is -0.748. The highest BCUT2D eigenvalue weighted by molar-refractivity contribution is 6.30. The van der Waals surface area contributed by atoms with Crippen molar-refractivity contribution in [1.82, 2.24) is 5.32 Å². The lowest BCUT2D eigenvalue weighted by Gasteiger charge is -2.19. The normalized spacial score (nSPS) is 12.8. The molecule has 1 atom stereocenters. The molecule has 1 rings (SSSR count). The number of nitrogens with two attached hydrogens (primary N) is 1. The summed E-state index contributed by atoms with van der Waals surface area (Å²) in [6.45, 7) is 4.23. The Balaban J connectivity index is 2.65. The molecule has 17 heavy (non-hydrogen) atoms. The van der Waals surface area contributed by atoms with Gasteiger partial charge in [-0.25, -0.2) is 4.39 Å². The zero-order chi connectivity index (χ0) is 13.0. The van der Waals surface area contributed by atoms with Crippen LogP contribution in [0, 0.1) is 11.7 Å². The van der Waals surface area contributed by atoms with E-state index in [9.17, 15) is 9.18 Å². The summed E-state index contributed by atoms with van der Waals surface area (Å²) >= 11 is 5.66. The highest BCUT2D eigenvalue weighted by Gasteiger charge is 2.18. The van der Waals surface area contributed by atoms with Gasteiger partial charge in [0.15, 0.2) is 0 Å². The molecule has 0 fully saturated rings. The zero-order valence-corrected chi connectivity index (χ0v) is 10.6. The Morgan fingerprint density at radius 3 is 2.65 bits per heavy atom. The molecular formula is C12H16ClFN2O. The largest absolute Gasteiger partial charge is 0.368 e. The maximum absolute atomic E-state index is 12.9. The van der Waals surface area contributed by atoms with Crippen LogP contribution in [-0.2, 0) is 11.3 Å². The van der Waals surface area contributed by atoms with Crippen LogP contribution in [0.5, 0.6) is 0 Å². The Hall–Kier alpha value is -1.13. The molecule has 3 nitrogen and oxygen atoms in total. The van der Waals surface area contributed by atoms with Crippen LogP contribution in [0.15, 0.2) is 18.2 Å². The van der Waals surface area contributed by atoms with E-state index in [2.05, 4.69) is 5.32 Å². The minimum absolute atomic E-state index is 0.0736. The molecule has 0 aliphatic heterocycles. The van der Waals surface area contributed by atoms with Gasteiger partial charge >= 0.3 is 0 Å². The lowest BCUT2D eigenvalue weighted by Crippen LogP contribution is -2.44. The second kappa shape index (κ2) is 5.98. The van der Waals surface area contributed by atoms with E-state index in [0.717, 1.165) is 5.56 Å². The number of hydrogen-bond acceptors (Lipinski definition) is 2. The average molecular weight is 259 g/mol. The number of primary amides is 1. The number of hydrogen-bond donors (Lipinski definition) is 2. The SMILES string of the molecule is CC(C)C(NCc1ccc(F)c(Cl)c1)C(N)=O. The van der Waals surface area contributed by atoms with Gasteiger partial charge in [0.25, 0.3) is 0 Å². The molecule has 0 saturated carbocycles. The Bertz CT molecular complexity index is 409. The van der Waals surface area contributed by atoms with Crippen LogP contribution in [0.25, 0.3) is 0 Å². The molecule has 0 heterocycles. The van der Waals surface area contributed by atoms with Crippen LogP contribution in [0.2, 0.25) is 5.02 Å². The van der Waals surface area contributed by atoms with Crippen molar-refractivity contribution in [3.63, 3.8) is 0 Å². The first-order chi connectivity index (χ1) is 7.91. The van der Waals surface area contributed by atoms with Crippen molar-refractivity contribution in [2.45, 2.75) is 26.4 Å². The van der Waals surface area contributed by atoms with Gasteiger partial charge < -0.3 is 11.1 Å². The van der Waals surface area contributed by atoms with Crippen molar-refractivity contribution in [2.75, 3.05) is 0 Å². The van der Waals surface area contributed by atoms with Crippen molar-refractivity contribution in [2.24, 2.45) is 11.7 Å². The molecule has 1 aromatic carbocycles. The fraction of sp³-hybridized carbons (Fsp3) is 0.417. The van der Waals surface area contributed by atoms with Crippen LogP contribution in [-0.4, -0.2) is 11.9 Å². The second-order valence-corrected chi connectivity index (χ2v) is 4.66. The summed E-state index contributed by atoms with van der Waals surface area (Å²) in [6.07, 6.45) is 0. The number of benzene rings is 1. The van der Waals surface area contributed by atoms with Crippen molar-refractivity contribution < 1.29 is 9.18 Å². The number of carbonyl (C=O) groups excluding carboxylic acids is 1. The number of halogens is 2. The Kier molecular flexibility index (Phi) is 4.90. The lowest BCUT2D eigenvalue weighted by atomic mass is 10.0. The van der Waals surface area contributed by atoms with Gasteiger partial charge in [0.1, 0.15) is 5.82 Å². The van der Waals surface area contributed by atoms with E-state index in [1.165, 1.54) is 12.1 Å². The topological polar surface area (TPSA) is 55.1 Å². The lowest BCUT2D eigenvalue weighted by molar-refractivity contribution is -0.121. The van der Waals surface area contributed by atoms with Crippen LogP contribution in [0.4, 0.5) is 4.39 Å². The fourth-order valence-electron chi connectivity index (χ4n) is 1.54. The maximum atomic E-state index is 12.9. The number of rotatable bonds is 5. The first-order valence-electron chi connectivity index (χ1n) is 5.38. The third-order valence-corrected chi connectivity index (χ3v) is 2.77. The monoisotopic (exact) mass is 258 g/mol. The molecule has 0 saturated heterocycles. The van der Waals surface area contributed by atoms with Crippen molar-refractivity contribution in [3.05, 3.63) is 34.6 Å². The van der Waals surface area contributed by atoms with Gasteiger partial charge in [0.2, 0.25) is 5.91 Å². The standard InChI is InChI=1S/C12H16ClFN2O/c1-7(2)11(12(15)17)16-6-8-3-4-10(14)9(13)5-8/h3-5,7,11,16H,6H2,1-2H3,(H2,15,17). The van der Waals surface area contributed by atoms with Crippen LogP contribution in [0.3, 0.4) is 0 Å². The quantitative estimate of drug-likeness (QED) is 0.850. The zero-order valence-electron chi connectivity index (χ0n) is 9.84. The highest BCUT2D eigenvalue weighted by Crippen LogP contribution is 2.16. The maximum Gasteiger partial charge on any atom is 0.234 e. The summed E-state index contributed by atoms with van der Waals surface area (Å²) < 4.78 is 12.9. The van der Waals surface area contributed by atoms with Gasteiger partial charge in [-0.3, -0.25) is 4.79 Å². The summed E-state index contributed by atoms with van der Waals surface area (Å²) in [7, 11) is 0. The van der Waals surface area contributed by atoms with Gasteiger partial charge in [0.05, 0.1) is 11.1 Å². The minimum atomic E-state index is -0.453. The predicted octanol–water partition coefficient (Wildman–Crippen LogP) is 2.08. The van der Waals surface area contributed by atoms with E-state index in [4.69, 9.17) is 17.3 Å². The molecule has 1 aromatic rings. The third-order valence-electron chi connectivity index (χ3n) is 2.48. The summed E-state index contributed by atoms with van der Waals surface area (Å²) in [5.41, 5.74) is 6.08. The molecule has 0 radical (unpaired) electrons. The number of carbonyl (C=O) groups is 1. The van der Waals surface area contributed by atoms with E-state index in [0.29, 0.717) is 6.54 Å². The van der Waals surface area contributed by atoms with Gasteiger partial charge in [0, 0.05) is 6.54 Å². The molecule has 3 N–H and O–H groups in total. The van der Waals surface area contributed by atoms with Gasteiger partial charge in [-0.2, -0.15) is 0 Å². The van der Waals surface area contributed by atoms with Gasteiger partial charge in [-0.1, -0.05) is 31.5 Å². The predicted molar refractivity (Wildman–Crippen MR) is 66.1 cm³/mol. The molecule has 1 unspecified atom stereocenters. The minimum Gasteiger partial charge on any atom is -0.368 e. The molecule has 0 aliphatic carbocycles. The van der Waals surface area contributed by atoms with E-state index in [-0.39, 0.29) is 10.9 Å². The van der Waals surface area contributed by atoms with Gasteiger partial charge in [-0.05, 0) is 23.6 Å². The molecule has 0 spiro atoms. The molecule has 0 bridgehead atoms. The van der Waals surface area contributed by atoms with E-state index in [1.54, 1.807) is 6.07 Å². The van der Waals surface area contributed by atoms with E-state index in [1.807, 2.05) is 13.8 Å². The molecular weight excluding hydrogens is 243 g/mol. The molecule has 5 heteroatoms. The first-order valence-corrected chi connectivity index (χ1v) is 5.76. The van der Waals surface area contributed by atoms with Crippen molar-refractivity contribution in [3.8, 4) is 0 Å². The van der Waals surface area contributed by atoms with E-state index < -0.39 is 17.8 Å². The van der Waals surface area contributed by atoms with Crippen molar-refractivity contribution >= 4 is 17.5 Å². The Morgan fingerprint density at radius 1 is 1.53 bits per heavy atom. The fourth-order valence-corrected chi connectivity index (χ4v) is 1.75. The Morgan fingerprint density at radius 2 is 2.18 bits per heavy atom. The Labute approximate surface area is 105 Å². The van der Waals surface area contributed by atoms with Crippen LogP contribution in [0.1, 0.15) is 19.4 Å². The third kappa shape index (κ3) is 3.98. The van der Waals surface area contributed by atoms with E-state index >= 15 is 0 Å². The summed E-state index contributed by atoms with van der Waals surface area (Å²) in [4.78, 5) is 11.2. The number of amides is 1. The molecule has 0 aromatic heterocycles. The molecule has 94 valence electrons. The van der Waals surface area contributed by atoms with Crippen LogP contribution >= 0.6 is 11.6 Å². The molecule has 1 amide bonds. The van der Waals surface area contributed by atoms with Crippen LogP contribution < -0.4 is 11.1 Å². The smallest absolute Gasteiger partial charge is 0.234 e. The van der Waals surface area contributed by atoms with Gasteiger partial charge in [-0.15, -0.1) is 0 Å². The molecule has 0 aliphatic rings. The van der Waals surface area contributed by atoms with Crippen molar-refractivity contribution in [1.29, 1.82) is 0 Å². The summed E-state index contributed by atoms with van der Waals surface area (Å²) in [6, 6.07) is 4.04. The second-order valence-electron chi connectivity index (χ2n) is 4.25.